The molecule has 0 aliphatic heterocycles. The highest BCUT2D eigenvalue weighted by atomic mass is 19.1. The Morgan fingerprint density at radius 1 is 1.41 bits per heavy atom. The maximum Gasteiger partial charge on any atom is 0.154 e. The zero-order valence-electron chi connectivity index (χ0n) is 8.59. The van der Waals surface area contributed by atoms with Gasteiger partial charge in [-0.05, 0) is 17.7 Å². The van der Waals surface area contributed by atoms with E-state index in [2.05, 4.69) is 10.0 Å². The molecule has 0 aliphatic rings. The fourth-order valence-corrected chi connectivity index (χ4v) is 1.27. The van der Waals surface area contributed by atoms with Crippen molar-refractivity contribution in [1.29, 1.82) is 0 Å². The van der Waals surface area contributed by atoms with Crippen molar-refractivity contribution >= 4 is 5.69 Å². The molecule has 0 bridgehead atoms. The van der Waals surface area contributed by atoms with Crippen molar-refractivity contribution in [1.82, 2.24) is 0 Å². The van der Waals surface area contributed by atoms with E-state index < -0.39 is 36.0 Å². The largest absolute Gasteiger partial charge is 0.396 e. The molecule has 0 radical (unpaired) electrons. The van der Waals surface area contributed by atoms with Gasteiger partial charge in [-0.3, -0.25) is 0 Å². The van der Waals surface area contributed by atoms with Gasteiger partial charge >= 0.3 is 0 Å². The van der Waals surface area contributed by atoms with Crippen LogP contribution in [0.4, 0.5) is 14.5 Å². The Kier molecular flexibility index (Phi) is 4.22. The van der Waals surface area contributed by atoms with Crippen LogP contribution in [0.25, 0.3) is 10.4 Å². The minimum absolute atomic E-state index is 0.351. The van der Waals surface area contributed by atoms with Crippen LogP contribution >= 0.6 is 0 Å². The van der Waals surface area contributed by atoms with Gasteiger partial charge in [-0.2, -0.15) is 0 Å². The van der Waals surface area contributed by atoms with Crippen LogP contribution in [-0.4, -0.2) is 22.9 Å². The molecule has 6 nitrogen and oxygen atoms in total. The second kappa shape index (κ2) is 5.44. The van der Waals surface area contributed by atoms with Crippen molar-refractivity contribution in [3.05, 3.63) is 39.8 Å². The molecule has 2 unspecified atom stereocenters. The lowest BCUT2D eigenvalue weighted by Gasteiger charge is -2.18. The summed E-state index contributed by atoms with van der Waals surface area (Å²) in [5.41, 5.74) is 12.1. The molecule has 0 saturated heterocycles. The molecule has 0 spiro atoms. The van der Waals surface area contributed by atoms with Gasteiger partial charge in [0.25, 0.3) is 0 Å². The number of rotatable bonds is 4. The molecule has 4 N–H and O–H groups in total. The Morgan fingerprint density at radius 3 is 2.65 bits per heavy atom. The zero-order valence-corrected chi connectivity index (χ0v) is 8.59. The van der Waals surface area contributed by atoms with Crippen LogP contribution in [0.1, 0.15) is 11.7 Å². The molecular weight excluding hydrogens is 234 g/mol. The lowest BCUT2D eigenvalue weighted by Crippen LogP contribution is -2.23. The summed E-state index contributed by atoms with van der Waals surface area (Å²) in [6.45, 7) is -0.509. The van der Waals surface area contributed by atoms with Crippen LogP contribution in [-0.2, 0) is 0 Å². The van der Waals surface area contributed by atoms with Crippen molar-refractivity contribution < 1.29 is 19.0 Å². The number of benzene rings is 1. The van der Waals surface area contributed by atoms with Crippen molar-refractivity contribution in [3.8, 4) is 0 Å². The van der Waals surface area contributed by atoms with Gasteiger partial charge in [0.05, 0.1) is 23.9 Å². The first-order valence-corrected chi connectivity index (χ1v) is 4.59. The average Bonchev–Trinajstić information content (AvgIpc) is 2.31. The number of aliphatic hydroxyl groups excluding tert-OH is 2. The monoisotopic (exact) mass is 244 g/mol. The van der Waals surface area contributed by atoms with E-state index in [0.717, 1.165) is 12.1 Å². The van der Waals surface area contributed by atoms with Gasteiger partial charge in [0.2, 0.25) is 0 Å². The third kappa shape index (κ3) is 2.82. The summed E-state index contributed by atoms with van der Waals surface area (Å²) in [5.74, 6) is -2.18. The summed E-state index contributed by atoms with van der Waals surface area (Å²) < 4.78 is 26.7. The number of anilines is 1. The number of aliphatic hydroxyl groups is 2. The van der Waals surface area contributed by atoms with Gasteiger partial charge in [0.1, 0.15) is 11.9 Å². The second-order valence-electron chi connectivity index (χ2n) is 3.29. The minimum atomic E-state index is -1.86. The van der Waals surface area contributed by atoms with E-state index >= 15 is 0 Å². The number of halogens is 2. The van der Waals surface area contributed by atoms with E-state index in [1.54, 1.807) is 0 Å². The summed E-state index contributed by atoms with van der Waals surface area (Å²) in [6.07, 6.45) is -3.47. The Hall–Kier alpha value is -1.89. The molecule has 0 saturated carbocycles. The molecule has 2 atom stereocenters. The van der Waals surface area contributed by atoms with Gasteiger partial charge in [0, 0.05) is 4.91 Å². The topological polar surface area (TPSA) is 115 Å². The Labute approximate surface area is 94.9 Å². The third-order valence-electron chi connectivity index (χ3n) is 2.15. The van der Waals surface area contributed by atoms with Crippen LogP contribution in [0.5, 0.6) is 0 Å². The van der Waals surface area contributed by atoms with Crippen molar-refractivity contribution in [2.75, 3.05) is 12.3 Å². The highest BCUT2D eigenvalue weighted by molar-refractivity contribution is 5.44. The van der Waals surface area contributed by atoms with Crippen LogP contribution < -0.4 is 5.73 Å². The molecule has 1 aromatic carbocycles. The van der Waals surface area contributed by atoms with Crippen LogP contribution in [0, 0.1) is 11.6 Å². The van der Waals surface area contributed by atoms with Gasteiger partial charge in [-0.1, -0.05) is 5.11 Å². The molecule has 0 aliphatic carbocycles. The van der Waals surface area contributed by atoms with E-state index in [9.17, 15) is 19.0 Å². The van der Waals surface area contributed by atoms with E-state index in [4.69, 9.17) is 11.3 Å². The first kappa shape index (κ1) is 13.2. The highest BCUT2D eigenvalue weighted by Gasteiger charge is 2.25. The number of nitrogens with two attached hydrogens (primary N) is 1. The van der Waals surface area contributed by atoms with Crippen molar-refractivity contribution in [2.45, 2.75) is 12.2 Å². The molecular formula is C9H10F2N4O2. The predicted molar refractivity (Wildman–Crippen MR) is 55.8 cm³/mol. The fraction of sp³-hybridized carbons (Fsp3) is 0.333. The van der Waals surface area contributed by atoms with E-state index in [-0.39, 0.29) is 5.69 Å². The lowest BCUT2D eigenvalue weighted by atomic mass is 10.0. The van der Waals surface area contributed by atoms with Gasteiger partial charge < -0.3 is 15.9 Å². The molecule has 1 aromatic rings. The number of hydrogen-bond donors (Lipinski definition) is 3. The average molecular weight is 244 g/mol. The molecule has 0 fully saturated rings. The molecule has 92 valence electrons. The molecule has 1 rings (SSSR count). The summed E-state index contributed by atoms with van der Waals surface area (Å²) in [7, 11) is 0. The normalized spacial score (nSPS) is 13.9. The number of nitrogens with zero attached hydrogens (tertiary/aromatic N) is 3. The van der Waals surface area contributed by atoms with Crippen LogP contribution in [0.2, 0.25) is 0 Å². The molecule has 0 heterocycles. The van der Waals surface area contributed by atoms with Gasteiger partial charge in [-0.25, -0.2) is 8.78 Å². The molecule has 0 amide bonds. The third-order valence-corrected chi connectivity index (χ3v) is 2.15. The standard InChI is InChI=1S/C9H10F2N4O2/c10-4-1-2-5(12)8(11)7(4)9(17)6(16)3-14-15-13/h1-2,6,9,16-17H,3,12H2. The minimum Gasteiger partial charge on any atom is -0.396 e. The number of azide groups is 1. The Balaban J connectivity index is 3.06. The summed E-state index contributed by atoms with van der Waals surface area (Å²) in [4.78, 5) is 2.36. The maximum absolute atomic E-state index is 13.5. The highest BCUT2D eigenvalue weighted by Crippen LogP contribution is 2.27. The van der Waals surface area contributed by atoms with E-state index in [0.29, 0.717) is 0 Å². The lowest BCUT2D eigenvalue weighted by molar-refractivity contribution is 0.0200. The zero-order chi connectivity index (χ0) is 13.0. The first-order chi connectivity index (χ1) is 7.99. The fourth-order valence-electron chi connectivity index (χ4n) is 1.27. The second-order valence-corrected chi connectivity index (χ2v) is 3.29. The molecule has 8 heteroatoms. The summed E-state index contributed by atoms with van der Waals surface area (Å²) in [5, 5.41) is 21.9. The molecule has 0 aromatic heterocycles. The van der Waals surface area contributed by atoms with E-state index in [1.165, 1.54) is 0 Å². The maximum atomic E-state index is 13.5. The van der Waals surface area contributed by atoms with Gasteiger partial charge in [-0.15, -0.1) is 0 Å². The quantitative estimate of drug-likeness (QED) is 0.320. The Morgan fingerprint density at radius 2 is 2.06 bits per heavy atom. The SMILES string of the molecule is [N-]=[N+]=NCC(O)C(O)c1c(F)ccc(N)c1F. The van der Waals surface area contributed by atoms with Crippen molar-refractivity contribution in [3.63, 3.8) is 0 Å². The predicted octanol–water partition coefficient (Wildman–Crippen LogP) is 1.25. The van der Waals surface area contributed by atoms with E-state index in [1.807, 2.05) is 0 Å². The van der Waals surface area contributed by atoms with Gasteiger partial charge in [0.15, 0.2) is 5.82 Å². The molecule has 17 heavy (non-hydrogen) atoms. The number of nitrogen functional groups attached to an aromatic ring is 1. The summed E-state index contributed by atoms with van der Waals surface area (Å²) in [6, 6.07) is 1.87. The first-order valence-electron chi connectivity index (χ1n) is 4.59. The van der Waals surface area contributed by atoms with Crippen LogP contribution in [0.3, 0.4) is 0 Å². The Bertz CT molecular complexity index is 463. The smallest absolute Gasteiger partial charge is 0.154 e. The number of hydrogen-bond acceptors (Lipinski definition) is 4. The van der Waals surface area contributed by atoms with Crippen LogP contribution in [0.15, 0.2) is 17.2 Å². The van der Waals surface area contributed by atoms with Crippen molar-refractivity contribution in [2.24, 2.45) is 5.11 Å². The summed E-state index contributed by atoms with van der Waals surface area (Å²) >= 11 is 0.